The number of benzene rings is 1. The normalized spacial score (nSPS) is 14.4. The van der Waals surface area contributed by atoms with Gasteiger partial charge in [0.1, 0.15) is 0 Å². The second-order valence-electron chi connectivity index (χ2n) is 7.65. The minimum atomic E-state index is 0.287. The molecule has 0 saturated carbocycles. The smallest absolute Gasteiger partial charge is 0.222 e. The zero-order valence-electron chi connectivity index (χ0n) is 18.2. The first-order valence-electron chi connectivity index (χ1n) is 11.1. The fourth-order valence-corrected chi connectivity index (χ4v) is 3.67. The van der Waals surface area contributed by atoms with E-state index in [9.17, 15) is 4.79 Å². The number of carbonyl (C=O) groups excluding carboxylic acids is 1. The Bertz CT molecular complexity index is 829. The number of amides is 1. The fourth-order valence-electron chi connectivity index (χ4n) is 3.67. The van der Waals surface area contributed by atoms with E-state index in [1.807, 2.05) is 27.8 Å². The Morgan fingerprint density at radius 3 is 2.77 bits per heavy atom. The maximum absolute atomic E-state index is 11.7. The number of rotatable bonds is 10. The van der Waals surface area contributed by atoms with E-state index in [0.29, 0.717) is 6.42 Å². The number of carbonyl (C=O) groups is 1. The molecule has 1 aliphatic heterocycles. The van der Waals surface area contributed by atoms with Gasteiger partial charge in [-0.1, -0.05) is 18.2 Å². The van der Waals surface area contributed by atoms with Crippen LogP contribution in [0.1, 0.15) is 43.9 Å². The lowest BCUT2D eigenvalue weighted by molar-refractivity contribution is -0.127. The summed E-state index contributed by atoms with van der Waals surface area (Å²) in [6.45, 7) is 8.27. The van der Waals surface area contributed by atoms with Gasteiger partial charge in [0.2, 0.25) is 5.91 Å². The third kappa shape index (κ3) is 6.34. The molecule has 2 heterocycles. The van der Waals surface area contributed by atoms with Crippen LogP contribution in [0.4, 0.5) is 0 Å². The molecule has 3 rings (SSSR count). The maximum atomic E-state index is 11.7. The molecule has 0 aliphatic carbocycles. The van der Waals surface area contributed by atoms with Crippen molar-refractivity contribution in [2.45, 2.75) is 46.0 Å². The Balaban J connectivity index is 1.41. The molecule has 1 aliphatic rings. The largest absolute Gasteiger partial charge is 0.357 e. The highest BCUT2D eigenvalue weighted by Gasteiger charge is 2.18. The van der Waals surface area contributed by atoms with Crippen LogP contribution in [0.2, 0.25) is 0 Å². The number of aryl methyl sites for hydroxylation is 2. The molecule has 7 heteroatoms. The quantitative estimate of drug-likeness (QED) is 0.359. The van der Waals surface area contributed by atoms with Crippen LogP contribution in [0.25, 0.3) is 5.69 Å². The standard InChI is InChI=1S/C23H34N6O/c1-3-24-23(26-15-9-17-28-16-8-13-22(28)30)25-14-7-10-20-18-29(27-19(20)2)21-11-5-4-6-12-21/h4-6,11-12,18H,3,7-10,13-17H2,1-2H3,(H2,24,25,26). The third-order valence-corrected chi connectivity index (χ3v) is 5.31. The summed E-state index contributed by atoms with van der Waals surface area (Å²) < 4.78 is 1.95. The third-order valence-electron chi connectivity index (χ3n) is 5.31. The maximum Gasteiger partial charge on any atom is 0.222 e. The summed E-state index contributed by atoms with van der Waals surface area (Å²) in [6, 6.07) is 10.2. The van der Waals surface area contributed by atoms with Gasteiger partial charge in [-0.15, -0.1) is 0 Å². The van der Waals surface area contributed by atoms with E-state index >= 15 is 0 Å². The molecule has 1 aromatic carbocycles. The molecule has 7 nitrogen and oxygen atoms in total. The van der Waals surface area contributed by atoms with Gasteiger partial charge in [-0.05, 0) is 57.2 Å². The van der Waals surface area contributed by atoms with E-state index < -0.39 is 0 Å². The van der Waals surface area contributed by atoms with Crippen LogP contribution in [0.15, 0.2) is 41.5 Å². The molecular formula is C23H34N6O. The molecule has 162 valence electrons. The summed E-state index contributed by atoms with van der Waals surface area (Å²) in [5.41, 5.74) is 3.44. The van der Waals surface area contributed by atoms with Gasteiger partial charge >= 0.3 is 0 Å². The van der Waals surface area contributed by atoms with Gasteiger partial charge < -0.3 is 15.5 Å². The minimum Gasteiger partial charge on any atom is -0.357 e. The van der Waals surface area contributed by atoms with Crippen molar-refractivity contribution in [1.29, 1.82) is 0 Å². The first-order chi connectivity index (χ1) is 14.7. The van der Waals surface area contributed by atoms with Crippen molar-refractivity contribution in [2.24, 2.45) is 4.99 Å². The van der Waals surface area contributed by atoms with E-state index in [4.69, 9.17) is 0 Å². The number of aliphatic imine (C=N–C) groups is 1. The molecule has 1 amide bonds. The Morgan fingerprint density at radius 1 is 1.20 bits per heavy atom. The zero-order valence-corrected chi connectivity index (χ0v) is 18.2. The lowest BCUT2D eigenvalue weighted by Gasteiger charge is -2.15. The zero-order chi connectivity index (χ0) is 21.2. The Morgan fingerprint density at radius 2 is 2.03 bits per heavy atom. The van der Waals surface area contributed by atoms with E-state index in [1.165, 1.54) is 5.56 Å². The summed E-state index contributed by atoms with van der Waals surface area (Å²) in [4.78, 5) is 18.3. The molecular weight excluding hydrogens is 376 g/mol. The van der Waals surface area contributed by atoms with Crippen molar-refractivity contribution in [2.75, 3.05) is 32.7 Å². The molecule has 30 heavy (non-hydrogen) atoms. The second kappa shape index (κ2) is 11.4. The van der Waals surface area contributed by atoms with Crippen LogP contribution in [-0.2, 0) is 11.2 Å². The van der Waals surface area contributed by atoms with Crippen molar-refractivity contribution in [1.82, 2.24) is 25.3 Å². The number of aromatic nitrogens is 2. The summed E-state index contributed by atoms with van der Waals surface area (Å²) in [7, 11) is 0. The van der Waals surface area contributed by atoms with Gasteiger partial charge in [0.05, 0.1) is 11.4 Å². The number of para-hydroxylation sites is 1. The van der Waals surface area contributed by atoms with E-state index in [2.05, 4.69) is 52.9 Å². The molecule has 0 unspecified atom stereocenters. The first kappa shape index (κ1) is 21.9. The first-order valence-corrected chi connectivity index (χ1v) is 11.1. The highest BCUT2D eigenvalue weighted by atomic mass is 16.2. The summed E-state index contributed by atoms with van der Waals surface area (Å²) in [5, 5.41) is 11.4. The van der Waals surface area contributed by atoms with Crippen LogP contribution in [0, 0.1) is 6.92 Å². The minimum absolute atomic E-state index is 0.287. The molecule has 0 atom stereocenters. The summed E-state index contributed by atoms with van der Waals surface area (Å²) >= 11 is 0. The molecule has 2 N–H and O–H groups in total. The number of likely N-dealkylation sites (tertiary alicyclic amines) is 1. The molecule has 0 spiro atoms. The number of hydrogen-bond donors (Lipinski definition) is 2. The monoisotopic (exact) mass is 410 g/mol. The molecule has 0 radical (unpaired) electrons. The van der Waals surface area contributed by atoms with Gasteiger partial charge in [-0.25, -0.2) is 4.68 Å². The highest BCUT2D eigenvalue weighted by Crippen LogP contribution is 2.13. The Hall–Kier alpha value is -2.83. The van der Waals surface area contributed by atoms with E-state index in [-0.39, 0.29) is 5.91 Å². The van der Waals surface area contributed by atoms with Crippen LogP contribution in [-0.4, -0.2) is 59.3 Å². The predicted molar refractivity (Wildman–Crippen MR) is 121 cm³/mol. The average Bonchev–Trinajstić information content (AvgIpc) is 3.34. The van der Waals surface area contributed by atoms with Crippen molar-refractivity contribution < 1.29 is 4.79 Å². The van der Waals surface area contributed by atoms with Gasteiger partial charge in [0, 0.05) is 45.3 Å². The molecule has 1 saturated heterocycles. The topological polar surface area (TPSA) is 74.6 Å². The van der Waals surface area contributed by atoms with Crippen LogP contribution >= 0.6 is 0 Å². The lowest BCUT2D eigenvalue weighted by atomic mass is 10.1. The Labute approximate surface area is 179 Å². The van der Waals surface area contributed by atoms with Crippen molar-refractivity contribution in [3.63, 3.8) is 0 Å². The number of nitrogens with zero attached hydrogens (tertiary/aromatic N) is 4. The van der Waals surface area contributed by atoms with Gasteiger partial charge in [0.15, 0.2) is 5.96 Å². The van der Waals surface area contributed by atoms with E-state index in [0.717, 1.165) is 75.7 Å². The summed E-state index contributed by atoms with van der Waals surface area (Å²) in [5.74, 6) is 1.14. The summed E-state index contributed by atoms with van der Waals surface area (Å²) in [6.07, 6.45) is 6.72. The number of hydrogen-bond acceptors (Lipinski definition) is 3. The van der Waals surface area contributed by atoms with Crippen molar-refractivity contribution in [3.05, 3.63) is 47.8 Å². The van der Waals surface area contributed by atoms with Crippen molar-refractivity contribution >= 4 is 11.9 Å². The predicted octanol–water partition coefficient (Wildman–Crippen LogP) is 2.68. The SMILES string of the molecule is CCNC(=NCCCN1CCCC1=O)NCCCc1cn(-c2ccccc2)nc1C. The molecule has 2 aromatic rings. The molecule has 1 aromatic heterocycles. The highest BCUT2D eigenvalue weighted by molar-refractivity contribution is 5.79. The van der Waals surface area contributed by atoms with Crippen LogP contribution in [0.3, 0.4) is 0 Å². The van der Waals surface area contributed by atoms with Gasteiger partial charge in [-0.3, -0.25) is 9.79 Å². The van der Waals surface area contributed by atoms with Gasteiger partial charge in [0.25, 0.3) is 0 Å². The van der Waals surface area contributed by atoms with Gasteiger partial charge in [-0.2, -0.15) is 5.10 Å². The Kier molecular flexibility index (Phi) is 8.30. The second-order valence-corrected chi connectivity index (χ2v) is 7.65. The number of nitrogens with one attached hydrogen (secondary N) is 2. The fraction of sp³-hybridized carbons (Fsp3) is 0.522. The van der Waals surface area contributed by atoms with Crippen LogP contribution < -0.4 is 10.6 Å². The molecule has 0 bridgehead atoms. The van der Waals surface area contributed by atoms with E-state index in [1.54, 1.807) is 0 Å². The average molecular weight is 411 g/mol. The molecule has 1 fully saturated rings. The lowest BCUT2D eigenvalue weighted by Crippen LogP contribution is -2.38. The van der Waals surface area contributed by atoms with Crippen LogP contribution in [0.5, 0.6) is 0 Å². The number of guanidine groups is 1. The van der Waals surface area contributed by atoms with Crippen molar-refractivity contribution in [3.8, 4) is 5.69 Å².